The van der Waals surface area contributed by atoms with Crippen molar-refractivity contribution in [3.8, 4) is 0 Å². The molecule has 2 heterocycles. The van der Waals surface area contributed by atoms with Crippen LogP contribution in [-0.4, -0.2) is 53.2 Å². The fraction of sp³-hybridized carbons (Fsp3) is 0.647. The molecular formula is C17H25N3O4. The molecule has 1 saturated heterocycles. The first-order chi connectivity index (χ1) is 11.6. The van der Waals surface area contributed by atoms with E-state index in [0.29, 0.717) is 18.7 Å². The molecule has 2 aliphatic rings. The number of urea groups is 1. The quantitative estimate of drug-likeness (QED) is 0.780. The molecule has 0 bridgehead atoms. The number of furan rings is 1. The number of hydrogen-bond acceptors (Lipinski definition) is 4. The van der Waals surface area contributed by atoms with E-state index in [2.05, 4.69) is 10.6 Å². The lowest BCUT2D eigenvalue weighted by molar-refractivity contribution is 0.0707. The Morgan fingerprint density at radius 3 is 2.25 bits per heavy atom. The summed E-state index contributed by atoms with van der Waals surface area (Å²) in [4.78, 5) is 26.1. The van der Waals surface area contributed by atoms with Crippen molar-refractivity contribution in [3.05, 3.63) is 24.2 Å². The van der Waals surface area contributed by atoms with E-state index in [-0.39, 0.29) is 30.1 Å². The van der Waals surface area contributed by atoms with Crippen molar-refractivity contribution >= 4 is 11.9 Å². The second kappa shape index (κ2) is 7.70. The Kier molecular flexibility index (Phi) is 5.40. The van der Waals surface area contributed by atoms with Crippen molar-refractivity contribution in [3.63, 3.8) is 0 Å². The average molecular weight is 335 g/mol. The third-order valence-electron chi connectivity index (χ3n) is 4.92. The number of aliphatic hydroxyl groups excluding tert-OH is 1. The third-order valence-corrected chi connectivity index (χ3v) is 4.92. The molecule has 0 aromatic carbocycles. The van der Waals surface area contributed by atoms with Gasteiger partial charge in [0.1, 0.15) is 6.26 Å². The fourth-order valence-electron chi connectivity index (χ4n) is 3.43. The number of rotatable bonds is 3. The van der Waals surface area contributed by atoms with Crippen LogP contribution >= 0.6 is 0 Å². The third kappa shape index (κ3) is 4.29. The Bertz CT molecular complexity index is 544. The smallest absolute Gasteiger partial charge is 0.315 e. The Morgan fingerprint density at radius 1 is 1.04 bits per heavy atom. The predicted octanol–water partition coefficient (Wildman–Crippen LogP) is 1.49. The lowest BCUT2D eigenvalue weighted by Crippen LogP contribution is -2.51. The van der Waals surface area contributed by atoms with Crippen LogP contribution in [0, 0.1) is 0 Å². The van der Waals surface area contributed by atoms with Crippen LogP contribution in [0.2, 0.25) is 0 Å². The van der Waals surface area contributed by atoms with Gasteiger partial charge in [-0.05, 0) is 44.6 Å². The Hall–Kier alpha value is -2.02. The van der Waals surface area contributed by atoms with Crippen LogP contribution in [0.1, 0.15) is 48.9 Å². The standard InChI is InChI=1S/C17H25N3O4/c21-15-3-1-13(2-4-15)18-17(23)19-14-5-8-20(9-6-14)16(22)12-7-10-24-11-12/h7,10-11,13-15,21H,1-6,8-9H2,(H2,18,19,23). The Balaban J connectivity index is 1.39. The number of piperidine rings is 1. The van der Waals surface area contributed by atoms with Crippen LogP contribution < -0.4 is 10.6 Å². The van der Waals surface area contributed by atoms with E-state index >= 15 is 0 Å². The van der Waals surface area contributed by atoms with Crippen molar-refractivity contribution in [2.24, 2.45) is 0 Å². The van der Waals surface area contributed by atoms with Gasteiger partial charge in [0.2, 0.25) is 0 Å². The first-order valence-electron chi connectivity index (χ1n) is 8.68. The predicted molar refractivity (Wildman–Crippen MR) is 87.6 cm³/mol. The van der Waals surface area contributed by atoms with E-state index in [0.717, 1.165) is 38.5 Å². The number of aliphatic hydroxyl groups is 1. The van der Waals surface area contributed by atoms with Gasteiger partial charge >= 0.3 is 6.03 Å². The summed E-state index contributed by atoms with van der Waals surface area (Å²) >= 11 is 0. The molecule has 1 aromatic rings. The van der Waals surface area contributed by atoms with Gasteiger partial charge in [-0.25, -0.2) is 4.79 Å². The van der Waals surface area contributed by atoms with Crippen LogP contribution in [0.5, 0.6) is 0 Å². The molecule has 1 aliphatic carbocycles. The first kappa shape index (κ1) is 16.8. The lowest BCUT2D eigenvalue weighted by atomic mass is 9.93. The van der Waals surface area contributed by atoms with E-state index in [9.17, 15) is 14.7 Å². The number of nitrogens with zero attached hydrogens (tertiary/aromatic N) is 1. The van der Waals surface area contributed by atoms with E-state index in [4.69, 9.17) is 4.42 Å². The molecule has 3 N–H and O–H groups in total. The molecule has 0 unspecified atom stereocenters. The SMILES string of the molecule is O=C(NC1CCC(O)CC1)NC1CCN(C(=O)c2ccoc2)CC1. The maximum atomic E-state index is 12.2. The molecule has 132 valence electrons. The molecule has 1 saturated carbocycles. The van der Waals surface area contributed by atoms with Crippen LogP contribution in [-0.2, 0) is 0 Å². The van der Waals surface area contributed by atoms with Crippen LogP contribution in [0.25, 0.3) is 0 Å². The highest BCUT2D eigenvalue weighted by Gasteiger charge is 2.26. The maximum absolute atomic E-state index is 12.2. The van der Waals surface area contributed by atoms with Crippen LogP contribution in [0.3, 0.4) is 0 Å². The van der Waals surface area contributed by atoms with Gasteiger partial charge in [0.05, 0.1) is 17.9 Å². The van der Waals surface area contributed by atoms with Gasteiger partial charge < -0.3 is 25.1 Å². The summed E-state index contributed by atoms with van der Waals surface area (Å²) in [6, 6.07) is 1.76. The van der Waals surface area contributed by atoms with Crippen molar-refractivity contribution in [2.75, 3.05) is 13.1 Å². The lowest BCUT2D eigenvalue weighted by Gasteiger charge is -2.33. The van der Waals surface area contributed by atoms with Gasteiger partial charge in [-0.15, -0.1) is 0 Å². The molecular weight excluding hydrogens is 310 g/mol. The van der Waals surface area contributed by atoms with E-state index < -0.39 is 0 Å². The number of carbonyl (C=O) groups is 2. The first-order valence-corrected chi connectivity index (χ1v) is 8.68. The fourth-order valence-corrected chi connectivity index (χ4v) is 3.43. The number of nitrogens with one attached hydrogen (secondary N) is 2. The Morgan fingerprint density at radius 2 is 1.67 bits per heavy atom. The molecule has 2 fully saturated rings. The molecule has 3 rings (SSSR count). The van der Waals surface area contributed by atoms with E-state index in [1.54, 1.807) is 11.0 Å². The highest BCUT2D eigenvalue weighted by Crippen LogP contribution is 2.18. The molecule has 1 aliphatic heterocycles. The van der Waals surface area contributed by atoms with Gasteiger partial charge in [0.15, 0.2) is 0 Å². The molecule has 1 aromatic heterocycles. The number of carbonyl (C=O) groups excluding carboxylic acids is 2. The second-order valence-corrected chi connectivity index (χ2v) is 6.70. The topological polar surface area (TPSA) is 94.8 Å². The zero-order chi connectivity index (χ0) is 16.9. The molecule has 3 amide bonds. The molecule has 7 nitrogen and oxygen atoms in total. The van der Waals surface area contributed by atoms with Crippen LogP contribution in [0.15, 0.2) is 23.0 Å². The highest BCUT2D eigenvalue weighted by molar-refractivity contribution is 5.93. The zero-order valence-corrected chi connectivity index (χ0v) is 13.7. The van der Waals surface area contributed by atoms with Gasteiger partial charge in [-0.3, -0.25) is 4.79 Å². The number of likely N-dealkylation sites (tertiary alicyclic amines) is 1. The summed E-state index contributed by atoms with van der Waals surface area (Å²) in [5.74, 6) is -0.0209. The van der Waals surface area contributed by atoms with Crippen molar-refractivity contribution in [2.45, 2.75) is 56.7 Å². The molecule has 0 radical (unpaired) electrons. The number of hydrogen-bond donors (Lipinski definition) is 3. The average Bonchev–Trinajstić information content (AvgIpc) is 3.11. The Labute approximate surface area is 141 Å². The summed E-state index contributed by atoms with van der Waals surface area (Å²) < 4.78 is 4.95. The largest absolute Gasteiger partial charge is 0.472 e. The zero-order valence-electron chi connectivity index (χ0n) is 13.7. The molecule has 7 heteroatoms. The summed E-state index contributed by atoms with van der Waals surface area (Å²) in [5.41, 5.74) is 0.568. The number of amides is 3. The highest BCUT2D eigenvalue weighted by atomic mass is 16.3. The van der Waals surface area contributed by atoms with E-state index in [1.807, 2.05) is 0 Å². The minimum atomic E-state index is -0.219. The van der Waals surface area contributed by atoms with Gasteiger partial charge in [-0.2, -0.15) is 0 Å². The monoisotopic (exact) mass is 335 g/mol. The summed E-state index contributed by atoms with van der Waals surface area (Å²) in [6.07, 6.45) is 7.39. The van der Waals surface area contributed by atoms with Crippen molar-refractivity contribution in [1.82, 2.24) is 15.5 Å². The minimum absolute atomic E-state index is 0.0209. The molecule has 0 spiro atoms. The molecule has 0 atom stereocenters. The van der Waals surface area contributed by atoms with E-state index in [1.165, 1.54) is 12.5 Å². The van der Waals surface area contributed by atoms with Crippen molar-refractivity contribution < 1.29 is 19.1 Å². The maximum Gasteiger partial charge on any atom is 0.315 e. The summed E-state index contributed by atoms with van der Waals surface area (Å²) in [5, 5.41) is 15.5. The summed E-state index contributed by atoms with van der Waals surface area (Å²) in [7, 11) is 0. The second-order valence-electron chi connectivity index (χ2n) is 6.70. The van der Waals surface area contributed by atoms with Gasteiger partial charge in [-0.1, -0.05) is 0 Å². The van der Waals surface area contributed by atoms with Gasteiger partial charge in [0, 0.05) is 25.2 Å². The van der Waals surface area contributed by atoms with Gasteiger partial charge in [0.25, 0.3) is 5.91 Å². The van der Waals surface area contributed by atoms with Crippen molar-refractivity contribution in [1.29, 1.82) is 0 Å². The minimum Gasteiger partial charge on any atom is -0.472 e. The summed E-state index contributed by atoms with van der Waals surface area (Å²) in [6.45, 7) is 1.26. The molecule has 24 heavy (non-hydrogen) atoms. The van der Waals surface area contributed by atoms with Crippen LogP contribution in [0.4, 0.5) is 4.79 Å². The normalized spacial score (nSPS) is 25.3.